The monoisotopic (exact) mass is 352 g/mol. The lowest BCUT2D eigenvalue weighted by Gasteiger charge is -2.11. The van der Waals surface area contributed by atoms with E-state index in [1.165, 1.54) is 23.5 Å². The van der Waals surface area contributed by atoms with Gasteiger partial charge in [0.1, 0.15) is 9.90 Å². The molecular weight excluding hydrogens is 343 g/mol. The second-order valence-electron chi connectivity index (χ2n) is 3.75. The van der Waals surface area contributed by atoms with Crippen molar-refractivity contribution in [2.75, 3.05) is 0 Å². The predicted octanol–water partition coefficient (Wildman–Crippen LogP) is 2.42. The number of aromatic nitrogens is 1. The maximum Gasteiger partial charge on any atom is 0.242 e. The molecule has 2 rings (SSSR count). The molecule has 0 atom stereocenters. The van der Waals surface area contributed by atoms with E-state index in [2.05, 4.69) is 9.71 Å². The van der Waals surface area contributed by atoms with Crippen molar-refractivity contribution in [3.63, 3.8) is 0 Å². The topological polar surface area (TPSA) is 79.3 Å². The second-order valence-corrected chi connectivity index (χ2v) is 7.25. The minimum atomic E-state index is -3.80. The van der Waals surface area contributed by atoms with Gasteiger partial charge in [0.2, 0.25) is 10.0 Å². The van der Waals surface area contributed by atoms with E-state index in [9.17, 15) is 13.5 Å². The van der Waals surface area contributed by atoms with Crippen LogP contribution in [0.4, 0.5) is 0 Å². The molecule has 0 aliphatic carbocycles. The van der Waals surface area contributed by atoms with Gasteiger partial charge in [0.05, 0.1) is 18.2 Å². The van der Waals surface area contributed by atoms with Gasteiger partial charge in [-0.15, -0.1) is 11.3 Å². The number of nitrogens with zero attached hydrogens (tertiary/aromatic N) is 1. The second kappa shape index (κ2) is 6.38. The van der Waals surface area contributed by atoms with E-state index in [0.29, 0.717) is 5.01 Å². The maximum atomic E-state index is 12.2. The molecule has 1 aromatic carbocycles. The van der Waals surface area contributed by atoms with Gasteiger partial charge in [0.15, 0.2) is 0 Å². The Morgan fingerprint density at radius 3 is 2.70 bits per heavy atom. The predicted molar refractivity (Wildman–Crippen MR) is 78.5 cm³/mol. The lowest BCUT2D eigenvalue weighted by atomic mass is 10.2. The Bertz CT molecular complexity index is 703. The summed E-state index contributed by atoms with van der Waals surface area (Å²) in [6.07, 6.45) is 1.59. The molecule has 0 aliphatic heterocycles. The number of aliphatic hydroxyl groups is 1. The fourth-order valence-electron chi connectivity index (χ4n) is 1.50. The Kier molecular flexibility index (Phi) is 5.00. The summed E-state index contributed by atoms with van der Waals surface area (Å²) < 4.78 is 26.8. The molecule has 0 fully saturated rings. The highest BCUT2D eigenvalue weighted by Gasteiger charge is 2.21. The highest BCUT2D eigenvalue weighted by molar-refractivity contribution is 7.89. The average Bonchev–Trinajstić information content (AvgIpc) is 2.90. The number of aliphatic hydroxyl groups excluding tert-OH is 1. The number of rotatable bonds is 5. The highest BCUT2D eigenvalue weighted by Crippen LogP contribution is 2.31. The van der Waals surface area contributed by atoms with Crippen molar-refractivity contribution in [2.45, 2.75) is 18.0 Å². The Morgan fingerprint density at radius 2 is 2.10 bits per heavy atom. The van der Waals surface area contributed by atoms with Crippen molar-refractivity contribution in [3.8, 4) is 0 Å². The van der Waals surface area contributed by atoms with Gasteiger partial charge >= 0.3 is 0 Å². The third-order valence-electron chi connectivity index (χ3n) is 2.50. The standard InChI is InChI=1S/C11H10Cl2N2O3S2/c12-8-1-2-9(11(13)7(8)6-16)20(17,18)15-5-10-14-3-4-19-10/h1-4,15-16H,5-6H2. The van der Waals surface area contributed by atoms with Crippen molar-refractivity contribution < 1.29 is 13.5 Å². The third-order valence-corrected chi connectivity index (χ3v) is 5.62. The number of hydrogen-bond donors (Lipinski definition) is 2. The first kappa shape index (κ1) is 15.7. The molecule has 1 aromatic heterocycles. The first-order chi connectivity index (χ1) is 9.45. The number of hydrogen-bond acceptors (Lipinski definition) is 5. The molecule has 5 nitrogen and oxygen atoms in total. The van der Waals surface area contributed by atoms with Crippen LogP contribution in [0.25, 0.3) is 0 Å². The summed E-state index contributed by atoms with van der Waals surface area (Å²) in [6.45, 7) is -0.360. The molecule has 2 aromatic rings. The first-order valence-electron chi connectivity index (χ1n) is 5.41. The van der Waals surface area contributed by atoms with Crippen molar-refractivity contribution >= 4 is 44.6 Å². The Hall–Kier alpha value is -0.700. The van der Waals surface area contributed by atoms with Crippen LogP contribution in [0, 0.1) is 0 Å². The molecule has 2 N–H and O–H groups in total. The first-order valence-corrected chi connectivity index (χ1v) is 8.53. The molecule has 0 radical (unpaired) electrons. The number of nitrogens with one attached hydrogen (secondary N) is 1. The van der Waals surface area contributed by atoms with Gasteiger partial charge in [-0.25, -0.2) is 18.1 Å². The minimum absolute atomic E-state index is 0.0768. The van der Waals surface area contributed by atoms with E-state index in [1.807, 2.05) is 0 Å². The van der Waals surface area contributed by atoms with Crippen LogP contribution in [-0.2, 0) is 23.2 Å². The van der Waals surface area contributed by atoms with Crippen LogP contribution in [-0.4, -0.2) is 18.5 Å². The lowest BCUT2D eigenvalue weighted by Crippen LogP contribution is -2.23. The summed E-state index contributed by atoms with van der Waals surface area (Å²) in [5.41, 5.74) is 0.186. The normalized spacial score (nSPS) is 11.8. The molecule has 20 heavy (non-hydrogen) atoms. The van der Waals surface area contributed by atoms with Gasteiger partial charge in [-0.2, -0.15) is 0 Å². The van der Waals surface area contributed by atoms with Crippen molar-refractivity contribution in [3.05, 3.63) is 44.3 Å². The quantitative estimate of drug-likeness (QED) is 0.865. The molecule has 0 saturated heterocycles. The number of thiazole rings is 1. The van der Waals surface area contributed by atoms with Gasteiger partial charge in [0.25, 0.3) is 0 Å². The fourth-order valence-corrected chi connectivity index (χ4v) is 4.03. The van der Waals surface area contributed by atoms with Crippen LogP contribution in [0.1, 0.15) is 10.6 Å². The Balaban J connectivity index is 2.30. The van der Waals surface area contributed by atoms with Crippen molar-refractivity contribution in [1.29, 1.82) is 0 Å². The van der Waals surface area contributed by atoms with E-state index in [-0.39, 0.29) is 27.0 Å². The van der Waals surface area contributed by atoms with Gasteiger partial charge < -0.3 is 5.11 Å². The number of benzene rings is 1. The van der Waals surface area contributed by atoms with Crippen LogP contribution in [0.3, 0.4) is 0 Å². The molecule has 0 saturated carbocycles. The van der Waals surface area contributed by atoms with Crippen LogP contribution in [0.2, 0.25) is 10.0 Å². The molecule has 1 heterocycles. The number of sulfonamides is 1. The molecule has 0 bridgehead atoms. The molecule has 0 unspecified atom stereocenters. The molecule has 108 valence electrons. The zero-order valence-electron chi connectivity index (χ0n) is 10.0. The molecule has 0 spiro atoms. The average molecular weight is 353 g/mol. The smallest absolute Gasteiger partial charge is 0.242 e. The van der Waals surface area contributed by atoms with E-state index < -0.39 is 16.6 Å². The zero-order chi connectivity index (χ0) is 14.8. The highest BCUT2D eigenvalue weighted by atomic mass is 35.5. The molecule has 0 aliphatic rings. The molecule has 9 heteroatoms. The van der Waals surface area contributed by atoms with Crippen LogP contribution in [0.15, 0.2) is 28.6 Å². The lowest BCUT2D eigenvalue weighted by molar-refractivity contribution is 0.281. The summed E-state index contributed by atoms with van der Waals surface area (Å²) in [5.74, 6) is 0. The molecule has 0 amide bonds. The van der Waals surface area contributed by atoms with Gasteiger partial charge in [0, 0.05) is 22.2 Å². The van der Waals surface area contributed by atoms with Crippen molar-refractivity contribution in [1.82, 2.24) is 9.71 Å². The van der Waals surface area contributed by atoms with Gasteiger partial charge in [-0.05, 0) is 12.1 Å². The van der Waals surface area contributed by atoms with E-state index in [0.717, 1.165) is 0 Å². The summed E-state index contributed by atoms with van der Waals surface area (Å²) in [7, 11) is -3.80. The Morgan fingerprint density at radius 1 is 1.35 bits per heavy atom. The largest absolute Gasteiger partial charge is 0.392 e. The van der Waals surface area contributed by atoms with Crippen LogP contribution in [0.5, 0.6) is 0 Å². The SMILES string of the molecule is O=S(=O)(NCc1nccs1)c1ccc(Cl)c(CO)c1Cl. The summed E-state index contributed by atoms with van der Waals surface area (Å²) in [5, 5.41) is 11.7. The van der Waals surface area contributed by atoms with E-state index >= 15 is 0 Å². The zero-order valence-corrected chi connectivity index (χ0v) is 13.2. The molecular formula is C11H10Cl2N2O3S2. The summed E-state index contributed by atoms with van der Waals surface area (Å²) in [6, 6.07) is 2.69. The summed E-state index contributed by atoms with van der Waals surface area (Å²) in [4.78, 5) is 3.86. The minimum Gasteiger partial charge on any atom is -0.392 e. The van der Waals surface area contributed by atoms with E-state index in [1.54, 1.807) is 11.6 Å². The van der Waals surface area contributed by atoms with Crippen LogP contribution >= 0.6 is 34.5 Å². The van der Waals surface area contributed by atoms with Crippen LogP contribution < -0.4 is 4.72 Å². The summed E-state index contributed by atoms with van der Waals surface area (Å²) >= 11 is 13.2. The van der Waals surface area contributed by atoms with Crippen molar-refractivity contribution in [2.24, 2.45) is 0 Å². The van der Waals surface area contributed by atoms with Gasteiger partial charge in [-0.1, -0.05) is 23.2 Å². The fraction of sp³-hybridized carbons (Fsp3) is 0.182. The van der Waals surface area contributed by atoms with Gasteiger partial charge in [-0.3, -0.25) is 0 Å². The third kappa shape index (κ3) is 3.30. The Labute approximate surface area is 130 Å². The van der Waals surface area contributed by atoms with E-state index in [4.69, 9.17) is 23.2 Å². The number of halogens is 2. The maximum absolute atomic E-state index is 12.2.